The van der Waals surface area contributed by atoms with E-state index in [1.54, 1.807) is 12.1 Å². The molecule has 38 heavy (non-hydrogen) atoms. The summed E-state index contributed by atoms with van der Waals surface area (Å²) in [7, 11) is 0. The maximum atomic E-state index is 12.0. The zero-order valence-electron chi connectivity index (χ0n) is 20.9. The summed E-state index contributed by atoms with van der Waals surface area (Å²) >= 11 is 0. The second-order valence-corrected chi connectivity index (χ2v) is 8.95. The molecule has 0 aliphatic carbocycles. The highest BCUT2D eigenvalue weighted by atomic mass is 16.3. The average Bonchev–Trinajstić information content (AvgIpc) is 2.93. The van der Waals surface area contributed by atoms with E-state index in [1.807, 2.05) is 60.7 Å². The SMILES string of the molecule is O=C(CCCCCCC(=O)NN=Cc1ccc2ccccc2c1O)NN=Cc1ccc2ccccc2c1O. The van der Waals surface area contributed by atoms with E-state index in [1.165, 1.54) is 12.4 Å². The van der Waals surface area contributed by atoms with Gasteiger partial charge in [-0.1, -0.05) is 73.5 Å². The molecule has 4 N–H and O–H groups in total. The molecule has 0 aliphatic rings. The molecule has 8 heteroatoms. The van der Waals surface area contributed by atoms with Crippen molar-refractivity contribution in [1.29, 1.82) is 0 Å². The van der Waals surface area contributed by atoms with Crippen LogP contribution in [0.2, 0.25) is 0 Å². The van der Waals surface area contributed by atoms with Gasteiger partial charge in [0.05, 0.1) is 12.4 Å². The highest BCUT2D eigenvalue weighted by Crippen LogP contribution is 2.28. The van der Waals surface area contributed by atoms with Crippen LogP contribution in [0.5, 0.6) is 11.5 Å². The normalized spacial score (nSPS) is 11.5. The minimum atomic E-state index is -0.203. The number of nitrogens with zero attached hydrogens (tertiary/aromatic N) is 2. The van der Waals surface area contributed by atoms with E-state index in [9.17, 15) is 19.8 Å². The second kappa shape index (κ2) is 13.0. The number of nitrogens with one attached hydrogen (secondary N) is 2. The monoisotopic (exact) mass is 510 g/mol. The Hall–Kier alpha value is -4.72. The lowest BCUT2D eigenvalue weighted by Gasteiger charge is -2.05. The number of carbonyl (C=O) groups excluding carboxylic acids is 2. The summed E-state index contributed by atoms with van der Waals surface area (Å²) in [5.41, 5.74) is 6.03. The highest BCUT2D eigenvalue weighted by Gasteiger charge is 2.06. The zero-order chi connectivity index (χ0) is 26.7. The average molecular weight is 511 g/mol. The van der Waals surface area contributed by atoms with Crippen LogP contribution < -0.4 is 10.9 Å². The van der Waals surface area contributed by atoms with Gasteiger partial charge in [0.2, 0.25) is 11.8 Å². The van der Waals surface area contributed by atoms with Crippen LogP contribution in [-0.2, 0) is 9.59 Å². The van der Waals surface area contributed by atoms with Gasteiger partial charge in [-0.15, -0.1) is 0 Å². The molecule has 0 bridgehead atoms. The molecule has 0 fully saturated rings. The van der Waals surface area contributed by atoms with Crippen molar-refractivity contribution in [3.63, 3.8) is 0 Å². The number of phenols is 2. The minimum absolute atomic E-state index is 0.127. The molecular formula is C30H30N4O4. The first kappa shape index (κ1) is 26.3. The molecule has 0 aliphatic heterocycles. The van der Waals surface area contributed by atoms with Crippen molar-refractivity contribution >= 4 is 45.8 Å². The summed E-state index contributed by atoms with van der Waals surface area (Å²) in [6.07, 6.45) is 6.51. The summed E-state index contributed by atoms with van der Waals surface area (Å²) in [4.78, 5) is 24.0. The van der Waals surface area contributed by atoms with Crippen molar-refractivity contribution in [3.8, 4) is 11.5 Å². The third kappa shape index (κ3) is 6.94. The molecule has 2 amide bonds. The summed E-state index contributed by atoms with van der Waals surface area (Å²) in [6, 6.07) is 22.3. The van der Waals surface area contributed by atoms with Crippen LogP contribution in [0.1, 0.15) is 49.7 Å². The first-order chi connectivity index (χ1) is 18.5. The van der Waals surface area contributed by atoms with Gasteiger partial charge in [-0.2, -0.15) is 10.2 Å². The van der Waals surface area contributed by atoms with E-state index in [0.29, 0.717) is 36.8 Å². The Morgan fingerprint density at radius 2 is 1.03 bits per heavy atom. The van der Waals surface area contributed by atoms with Gasteiger partial charge in [0.15, 0.2) is 0 Å². The molecule has 194 valence electrons. The maximum Gasteiger partial charge on any atom is 0.240 e. The molecule has 4 aromatic rings. The quantitative estimate of drug-likeness (QED) is 0.123. The Morgan fingerprint density at radius 3 is 1.47 bits per heavy atom. The molecule has 4 rings (SSSR count). The van der Waals surface area contributed by atoms with Crippen LogP contribution in [0.3, 0.4) is 0 Å². The minimum Gasteiger partial charge on any atom is -0.507 e. The number of hydrogen-bond donors (Lipinski definition) is 4. The second-order valence-electron chi connectivity index (χ2n) is 8.95. The maximum absolute atomic E-state index is 12.0. The molecule has 0 spiro atoms. The molecule has 0 aromatic heterocycles. The molecular weight excluding hydrogens is 480 g/mol. The number of fused-ring (bicyclic) bond motifs is 2. The highest BCUT2D eigenvalue weighted by molar-refractivity contribution is 5.98. The van der Waals surface area contributed by atoms with Crippen LogP contribution in [-0.4, -0.2) is 34.5 Å². The third-order valence-corrected chi connectivity index (χ3v) is 6.21. The Labute approximate surface area is 220 Å². The number of hydrogen-bond acceptors (Lipinski definition) is 6. The van der Waals surface area contributed by atoms with Crippen molar-refractivity contribution in [2.45, 2.75) is 38.5 Å². The fourth-order valence-electron chi connectivity index (χ4n) is 4.14. The van der Waals surface area contributed by atoms with Gasteiger partial charge in [-0.25, -0.2) is 10.9 Å². The lowest BCUT2D eigenvalue weighted by molar-refractivity contribution is -0.122. The molecule has 0 unspecified atom stereocenters. The van der Waals surface area contributed by atoms with E-state index in [2.05, 4.69) is 21.1 Å². The van der Waals surface area contributed by atoms with Crippen molar-refractivity contribution in [1.82, 2.24) is 10.9 Å². The summed E-state index contributed by atoms with van der Waals surface area (Å²) in [5, 5.41) is 32.0. The van der Waals surface area contributed by atoms with Crippen molar-refractivity contribution in [2.75, 3.05) is 0 Å². The summed E-state index contributed by atoms with van der Waals surface area (Å²) in [5.74, 6) is -0.151. The standard InChI is InChI=1S/C30H30N4O4/c35-27(33-31-19-23-17-15-21-9-5-7-11-25(21)29(23)37)13-3-1-2-4-14-28(36)34-32-20-24-18-16-22-10-6-8-12-26(22)30(24)38/h5-12,15-20,37-38H,1-4,13-14H2,(H,33,35)(H,34,36). The van der Waals surface area contributed by atoms with E-state index in [0.717, 1.165) is 34.4 Å². The van der Waals surface area contributed by atoms with Crippen molar-refractivity contribution in [3.05, 3.63) is 83.9 Å². The van der Waals surface area contributed by atoms with Crippen molar-refractivity contribution in [2.24, 2.45) is 10.2 Å². The first-order valence-electron chi connectivity index (χ1n) is 12.6. The number of hydrazone groups is 2. The van der Waals surface area contributed by atoms with E-state index >= 15 is 0 Å². The van der Waals surface area contributed by atoms with Crippen LogP contribution in [0, 0.1) is 0 Å². The molecule has 4 aromatic carbocycles. The summed E-state index contributed by atoms with van der Waals surface area (Å²) in [6.45, 7) is 0. The Morgan fingerprint density at radius 1 is 0.605 bits per heavy atom. The fraction of sp³-hybridized carbons (Fsp3) is 0.200. The number of rotatable bonds is 11. The predicted octanol–water partition coefficient (Wildman–Crippen LogP) is 5.35. The Kier molecular flexibility index (Phi) is 9.02. The van der Waals surface area contributed by atoms with Crippen LogP contribution >= 0.6 is 0 Å². The Bertz CT molecular complexity index is 1380. The molecule has 0 heterocycles. The molecule has 0 atom stereocenters. The van der Waals surface area contributed by atoms with E-state index in [4.69, 9.17) is 0 Å². The van der Waals surface area contributed by atoms with Crippen molar-refractivity contribution < 1.29 is 19.8 Å². The number of carbonyl (C=O) groups is 2. The lowest BCUT2D eigenvalue weighted by Crippen LogP contribution is -2.17. The van der Waals surface area contributed by atoms with Crippen LogP contribution in [0.4, 0.5) is 0 Å². The largest absolute Gasteiger partial charge is 0.507 e. The van der Waals surface area contributed by atoms with Gasteiger partial charge < -0.3 is 10.2 Å². The summed E-state index contributed by atoms with van der Waals surface area (Å²) < 4.78 is 0. The lowest BCUT2D eigenvalue weighted by atomic mass is 10.1. The van der Waals surface area contributed by atoms with Gasteiger partial charge in [0, 0.05) is 34.7 Å². The number of unbranched alkanes of at least 4 members (excludes halogenated alkanes) is 3. The molecule has 0 saturated heterocycles. The van der Waals surface area contributed by atoms with Crippen LogP contribution in [0.15, 0.2) is 83.0 Å². The topological polar surface area (TPSA) is 123 Å². The Balaban J connectivity index is 1.10. The van der Waals surface area contributed by atoms with Gasteiger partial charge in [-0.3, -0.25) is 9.59 Å². The van der Waals surface area contributed by atoms with E-state index in [-0.39, 0.29) is 23.3 Å². The fourth-order valence-corrected chi connectivity index (χ4v) is 4.14. The number of phenolic OH excluding ortho intramolecular Hbond substituents is 2. The van der Waals surface area contributed by atoms with Gasteiger partial charge in [0.1, 0.15) is 11.5 Å². The molecule has 8 nitrogen and oxygen atoms in total. The number of benzene rings is 4. The predicted molar refractivity (Wildman–Crippen MR) is 150 cm³/mol. The van der Waals surface area contributed by atoms with Crippen LogP contribution in [0.25, 0.3) is 21.5 Å². The zero-order valence-corrected chi connectivity index (χ0v) is 20.9. The first-order valence-corrected chi connectivity index (χ1v) is 12.6. The van der Waals surface area contributed by atoms with Gasteiger partial charge in [-0.05, 0) is 35.7 Å². The number of aromatic hydroxyl groups is 2. The molecule has 0 radical (unpaired) electrons. The number of amides is 2. The smallest absolute Gasteiger partial charge is 0.240 e. The molecule has 0 saturated carbocycles. The van der Waals surface area contributed by atoms with Gasteiger partial charge in [0.25, 0.3) is 0 Å². The van der Waals surface area contributed by atoms with Gasteiger partial charge >= 0.3 is 0 Å². The third-order valence-electron chi connectivity index (χ3n) is 6.21. The van der Waals surface area contributed by atoms with E-state index < -0.39 is 0 Å².